The van der Waals surface area contributed by atoms with Gasteiger partial charge in [0.15, 0.2) is 0 Å². The first kappa shape index (κ1) is 14.6. The summed E-state index contributed by atoms with van der Waals surface area (Å²) in [5, 5.41) is 2.69. The molecule has 6 heteroatoms. The van der Waals surface area contributed by atoms with Gasteiger partial charge in [0.2, 0.25) is 5.91 Å². The SMILES string of the molecule is CCc1ccccc1NS(=O)(=O)c1ccc2c(c1)CC(=O)N2. The molecule has 0 saturated carbocycles. The number of carbonyl (C=O) groups excluding carboxylic acids is 1. The average Bonchev–Trinajstić information content (AvgIpc) is 2.86. The van der Waals surface area contributed by atoms with Crippen molar-refractivity contribution in [3.05, 3.63) is 53.6 Å². The number of carbonyl (C=O) groups is 1. The molecule has 0 atom stereocenters. The Morgan fingerprint density at radius 3 is 2.73 bits per heavy atom. The fourth-order valence-electron chi connectivity index (χ4n) is 2.50. The van der Waals surface area contributed by atoms with Crippen LogP contribution in [0.4, 0.5) is 11.4 Å². The predicted molar refractivity (Wildman–Crippen MR) is 85.4 cm³/mol. The molecule has 0 radical (unpaired) electrons. The number of anilines is 2. The summed E-state index contributed by atoms with van der Waals surface area (Å²) in [5.74, 6) is -0.117. The molecule has 0 spiro atoms. The summed E-state index contributed by atoms with van der Waals surface area (Å²) >= 11 is 0. The first-order valence-electron chi connectivity index (χ1n) is 7.03. The van der Waals surface area contributed by atoms with Gasteiger partial charge in [-0.3, -0.25) is 9.52 Å². The van der Waals surface area contributed by atoms with Crippen molar-refractivity contribution in [3.8, 4) is 0 Å². The van der Waals surface area contributed by atoms with Crippen LogP contribution in [0.1, 0.15) is 18.1 Å². The van der Waals surface area contributed by atoms with Gasteiger partial charge < -0.3 is 5.32 Å². The van der Waals surface area contributed by atoms with E-state index in [9.17, 15) is 13.2 Å². The first-order valence-corrected chi connectivity index (χ1v) is 8.51. The Morgan fingerprint density at radius 1 is 1.18 bits per heavy atom. The van der Waals surface area contributed by atoms with Crippen LogP contribution in [0.5, 0.6) is 0 Å². The molecule has 0 saturated heterocycles. The molecule has 1 aliphatic heterocycles. The number of rotatable bonds is 4. The van der Waals surface area contributed by atoms with E-state index in [1.54, 1.807) is 24.3 Å². The van der Waals surface area contributed by atoms with Crippen molar-refractivity contribution in [2.24, 2.45) is 0 Å². The van der Waals surface area contributed by atoms with Crippen LogP contribution in [0, 0.1) is 0 Å². The van der Waals surface area contributed by atoms with Crippen molar-refractivity contribution in [1.82, 2.24) is 0 Å². The smallest absolute Gasteiger partial charge is 0.261 e. The molecule has 0 fully saturated rings. The minimum Gasteiger partial charge on any atom is -0.326 e. The predicted octanol–water partition coefficient (Wildman–Crippen LogP) is 2.54. The number of hydrogen-bond acceptors (Lipinski definition) is 3. The van der Waals surface area contributed by atoms with Crippen LogP contribution in [0.15, 0.2) is 47.4 Å². The van der Waals surface area contributed by atoms with Gasteiger partial charge in [0.05, 0.1) is 17.0 Å². The number of hydrogen-bond donors (Lipinski definition) is 2. The number of benzene rings is 2. The summed E-state index contributed by atoms with van der Waals surface area (Å²) in [5.41, 5.74) is 2.90. The van der Waals surface area contributed by atoms with Gasteiger partial charge in [-0.25, -0.2) is 8.42 Å². The van der Waals surface area contributed by atoms with E-state index in [1.165, 1.54) is 6.07 Å². The molecule has 2 aromatic rings. The Kier molecular flexibility index (Phi) is 3.62. The van der Waals surface area contributed by atoms with Gasteiger partial charge in [0.1, 0.15) is 0 Å². The highest BCUT2D eigenvalue weighted by Gasteiger charge is 2.22. The summed E-state index contributed by atoms with van der Waals surface area (Å²) in [4.78, 5) is 11.5. The van der Waals surface area contributed by atoms with Gasteiger partial charge >= 0.3 is 0 Å². The average molecular weight is 316 g/mol. The summed E-state index contributed by atoms with van der Waals surface area (Å²) in [6.07, 6.45) is 0.950. The molecular formula is C16H16N2O3S. The highest BCUT2D eigenvalue weighted by Crippen LogP contribution is 2.27. The zero-order chi connectivity index (χ0) is 15.7. The minimum absolute atomic E-state index is 0.117. The maximum atomic E-state index is 12.5. The van der Waals surface area contributed by atoms with Crippen molar-refractivity contribution in [1.29, 1.82) is 0 Å². The lowest BCUT2D eigenvalue weighted by Gasteiger charge is -2.12. The van der Waals surface area contributed by atoms with Crippen LogP contribution in [-0.4, -0.2) is 14.3 Å². The zero-order valence-corrected chi connectivity index (χ0v) is 12.9. The zero-order valence-electron chi connectivity index (χ0n) is 12.1. The Labute approximate surface area is 129 Å². The van der Waals surface area contributed by atoms with Crippen LogP contribution in [-0.2, 0) is 27.7 Å². The third-order valence-electron chi connectivity index (χ3n) is 3.65. The quantitative estimate of drug-likeness (QED) is 0.910. The van der Waals surface area contributed by atoms with E-state index in [1.807, 2.05) is 19.1 Å². The van der Waals surface area contributed by atoms with Crippen LogP contribution in [0.25, 0.3) is 0 Å². The maximum Gasteiger partial charge on any atom is 0.261 e. The Bertz CT molecular complexity index is 844. The second kappa shape index (κ2) is 5.46. The lowest BCUT2D eigenvalue weighted by atomic mass is 10.1. The summed E-state index contributed by atoms with van der Waals surface area (Å²) in [7, 11) is -3.67. The number of para-hydroxylation sites is 1. The highest BCUT2D eigenvalue weighted by atomic mass is 32.2. The molecule has 3 rings (SSSR count). The molecule has 1 aliphatic rings. The number of fused-ring (bicyclic) bond motifs is 1. The standard InChI is InChI=1S/C16H16N2O3S/c1-2-11-5-3-4-6-15(11)18-22(20,21)13-7-8-14-12(9-13)10-16(19)17-14/h3-9,18H,2,10H2,1H3,(H,17,19). The Balaban J connectivity index is 1.94. The van der Waals surface area contributed by atoms with E-state index in [2.05, 4.69) is 10.0 Å². The van der Waals surface area contributed by atoms with Crippen LogP contribution < -0.4 is 10.0 Å². The fourth-order valence-corrected chi connectivity index (χ4v) is 3.66. The topological polar surface area (TPSA) is 75.3 Å². The van der Waals surface area contributed by atoms with Crippen molar-refractivity contribution >= 4 is 27.3 Å². The van der Waals surface area contributed by atoms with Crippen molar-refractivity contribution in [2.75, 3.05) is 10.0 Å². The monoisotopic (exact) mass is 316 g/mol. The summed E-state index contributed by atoms with van der Waals surface area (Å²) < 4.78 is 27.7. The molecule has 2 aromatic carbocycles. The van der Waals surface area contributed by atoms with Crippen LogP contribution in [0.2, 0.25) is 0 Å². The summed E-state index contributed by atoms with van der Waals surface area (Å²) in [6, 6.07) is 12.0. The van der Waals surface area contributed by atoms with Gasteiger partial charge in [-0.15, -0.1) is 0 Å². The molecule has 1 heterocycles. The Morgan fingerprint density at radius 2 is 1.95 bits per heavy atom. The minimum atomic E-state index is -3.67. The van der Waals surface area contributed by atoms with Crippen molar-refractivity contribution in [3.63, 3.8) is 0 Å². The second-order valence-corrected chi connectivity index (χ2v) is 6.84. The lowest BCUT2D eigenvalue weighted by molar-refractivity contribution is -0.115. The Hall–Kier alpha value is -2.34. The molecule has 22 heavy (non-hydrogen) atoms. The van der Waals surface area contributed by atoms with Gasteiger partial charge in [-0.2, -0.15) is 0 Å². The van der Waals surface area contributed by atoms with Crippen LogP contribution in [0.3, 0.4) is 0 Å². The first-order chi connectivity index (χ1) is 10.5. The van der Waals surface area contributed by atoms with Gasteiger partial charge in [-0.05, 0) is 41.8 Å². The van der Waals surface area contributed by atoms with E-state index in [0.29, 0.717) is 16.9 Å². The molecule has 2 N–H and O–H groups in total. The lowest BCUT2D eigenvalue weighted by Crippen LogP contribution is -2.14. The molecule has 114 valence electrons. The van der Waals surface area contributed by atoms with E-state index in [-0.39, 0.29) is 17.2 Å². The summed E-state index contributed by atoms with van der Waals surface area (Å²) in [6.45, 7) is 1.97. The van der Waals surface area contributed by atoms with Gasteiger partial charge in [0, 0.05) is 5.69 Å². The molecule has 0 aromatic heterocycles. The number of sulfonamides is 1. The molecule has 1 amide bonds. The van der Waals surface area contributed by atoms with E-state index >= 15 is 0 Å². The fraction of sp³-hybridized carbons (Fsp3) is 0.188. The van der Waals surface area contributed by atoms with E-state index < -0.39 is 10.0 Å². The molecule has 0 bridgehead atoms. The van der Waals surface area contributed by atoms with Crippen LogP contribution >= 0.6 is 0 Å². The normalized spacial score (nSPS) is 13.6. The highest BCUT2D eigenvalue weighted by molar-refractivity contribution is 7.92. The number of nitrogens with one attached hydrogen (secondary N) is 2. The molecule has 0 unspecified atom stereocenters. The maximum absolute atomic E-state index is 12.5. The molecule has 5 nitrogen and oxygen atoms in total. The van der Waals surface area contributed by atoms with E-state index in [4.69, 9.17) is 0 Å². The van der Waals surface area contributed by atoms with E-state index in [0.717, 1.165) is 12.0 Å². The molecular weight excluding hydrogens is 300 g/mol. The van der Waals surface area contributed by atoms with Crippen molar-refractivity contribution in [2.45, 2.75) is 24.7 Å². The van der Waals surface area contributed by atoms with Gasteiger partial charge in [0.25, 0.3) is 10.0 Å². The number of aryl methyl sites for hydroxylation is 1. The largest absolute Gasteiger partial charge is 0.326 e. The third-order valence-corrected chi connectivity index (χ3v) is 5.02. The van der Waals surface area contributed by atoms with Gasteiger partial charge in [-0.1, -0.05) is 25.1 Å². The second-order valence-electron chi connectivity index (χ2n) is 5.16. The number of amides is 1. The molecule has 0 aliphatic carbocycles. The third kappa shape index (κ3) is 2.69. The van der Waals surface area contributed by atoms with Crippen molar-refractivity contribution < 1.29 is 13.2 Å².